The van der Waals surface area contributed by atoms with Crippen molar-refractivity contribution < 1.29 is 33.4 Å². The number of esters is 1. The lowest BCUT2D eigenvalue weighted by molar-refractivity contribution is -0.132. The monoisotopic (exact) mass is 675 g/mol. The zero-order valence-corrected chi connectivity index (χ0v) is 28.2. The molecule has 1 heterocycles. The number of nitrogens with zero attached hydrogens (tertiary/aromatic N) is 1. The molecule has 0 N–H and O–H groups in total. The second-order valence-corrected chi connectivity index (χ2v) is 12.9. The van der Waals surface area contributed by atoms with E-state index in [1.165, 1.54) is 11.8 Å². The number of benzene rings is 5. The lowest BCUT2D eigenvalue weighted by Gasteiger charge is -2.39. The maximum absolute atomic E-state index is 16.1. The molecule has 2 amide bonds. The van der Waals surface area contributed by atoms with Gasteiger partial charge in [-0.3, -0.25) is 19.2 Å². The Kier molecular flexibility index (Phi) is 7.49. The van der Waals surface area contributed by atoms with Gasteiger partial charge in [0.25, 0.3) is 0 Å². The van der Waals surface area contributed by atoms with Gasteiger partial charge in [-0.2, -0.15) is 0 Å². The van der Waals surface area contributed by atoms with E-state index in [1.54, 1.807) is 38.5 Å². The Balaban J connectivity index is 1.48. The number of hydrogen-bond acceptors (Lipinski definition) is 7. The normalized spacial score (nSPS) is 23.4. The van der Waals surface area contributed by atoms with Crippen LogP contribution >= 0.6 is 0 Å². The second kappa shape index (κ2) is 11.9. The molecule has 1 saturated carbocycles. The van der Waals surface area contributed by atoms with Gasteiger partial charge in [-0.05, 0) is 81.9 Å². The minimum atomic E-state index is -1.55. The predicted octanol–water partition coefficient (Wildman–Crippen LogP) is 6.82. The summed E-state index contributed by atoms with van der Waals surface area (Å²) < 4.78 is 16.3. The maximum atomic E-state index is 16.1. The van der Waals surface area contributed by atoms with Gasteiger partial charge in [-0.25, -0.2) is 4.90 Å². The number of ketones is 1. The quantitative estimate of drug-likeness (QED) is 0.101. The molecule has 0 aromatic heterocycles. The summed E-state index contributed by atoms with van der Waals surface area (Å²) in [6.45, 7) is 1.30. The first kappa shape index (κ1) is 32.0. The summed E-state index contributed by atoms with van der Waals surface area (Å²) in [5, 5.41) is 0. The minimum absolute atomic E-state index is 0.217. The van der Waals surface area contributed by atoms with Crippen LogP contribution in [0.1, 0.15) is 29.2 Å². The van der Waals surface area contributed by atoms with Gasteiger partial charge < -0.3 is 14.2 Å². The maximum Gasteiger partial charge on any atom is 0.308 e. The fourth-order valence-electron chi connectivity index (χ4n) is 8.72. The van der Waals surface area contributed by atoms with Crippen molar-refractivity contribution in [3.8, 4) is 17.2 Å². The van der Waals surface area contributed by atoms with Crippen LogP contribution in [0.3, 0.4) is 0 Å². The van der Waals surface area contributed by atoms with Crippen molar-refractivity contribution in [2.45, 2.75) is 17.8 Å². The smallest absolute Gasteiger partial charge is 0.308 e. The fraction of sp³-hybridized carbons (Fsp3) is 0.163. The van der Waals surface area contributed by atoms with Crippen LogP contribution in [-0.2, 0) is 30.0 Å². The summed E-state index contributed by atoms with van der Waals surface area (Å²) in [4.78, 5) is 59.2. The molecule has 252 valence electrons. The van der Waals surface area contributed by atoms with E-state index in [-0.39, 0.29) is 11.5 Å². The van der Waals surface area contributed by atoms with Gasteiger partial charge in [0, 0.05) is 6.92 Å². The number of amides is 2. The molecule has 51 heavy (non-hydrogen) atoms. The molecule has 0 spiro atoms. The SMILES string of the molecule is COc1ccc(C2=C(c3ccc(OC)cc3)[C@]3(c4ccccc4)C(=O)[C@]2(c2ccccc2)[C@@H]2C(=O)N(c4ccc(OC(C)=O)cc4)C(=O)[C@@H]23)cc1. The van der Waals surface area contributed by atoms with Crippen LogP contribution in [0, 0.1) is 11.8 Å². The average molecular weight is 676 g/mol. The van der Waals surface area contributed by atoms with Crippen LogP contribution in [0.4, 0.5) is 5.69 Å². The van der Waals surface area contributed by atoms with Crippen LogP contribution in [0.25, 0.3) is 11.1 Å². The molecule has 8 heteroatoms. The second-order valence-electron chi connectivity index (χ2n) is 12.9. The van der Waals surface area contributed by atoms with Crippen molar-refractivity contribution in [2.24, 2.45) is 11.8 Å². The highest BCUT2D eigenvalue weighted by molar-refractivity contribution is 6.39. The Bertz CT molecular complexity index is 2100. The minimum Gasteiger partial charge on any atom is -0.497 e. The number of imide groups is 1. The lowest BCUT2D eigenvalue weighted by atomic mass is 9.59. The average Bonchev–Trinajstić information content (AvgIpc) is 3.68. The zero-order chi connectivity index (χ0) is 35.5. The number of Topliss-reactive ketones (excluding diaryl/α,β-unsaturated/α-hetero) is 1. The molecule has 2 bridgehead atoms. The number of methoxy groups -OCH3 is 2. The van der Waals surface area contributed by atoms with E-state index in [0.717, 1.165) is 11.1 Å². The summed E-state index contributed by atoms with van der Waals surface area (Å²) in [5.41, 5.74) is 1.30. The number of anilines is 1. The summed E-state index contributed by atoms with van der Waals surface area (Å²) in [5.74, 6) is -2.24. The lowest BCUT2D eigenvalue weighted by Crippen LogP contribution is -2.45. The number of fused-ring (bicyclic) bond motifs is 5. The van der Waals surface area contributed by atoms with Crippen molar-refractivity contribution in [1.29, 1.82) is 0 Å². The zero-order valence-electron chi connectivity index (χ0n) is 28.2. The first-order valence-corrected chi connectivity index (χ1v) is 16.6. The molecule has 1 saturated heterocycles. The molecule has 4 atom stereocenters. The van der Waals surface area contributed by atoms with E-state index in [2.05, 4.69) is 0 Å². The number of carbonyl (C=O) groups excluding carboxylic acids is 4. The van der Waals surface area contributed by atoms with Crippen molar-refractivity contribution in [3.05, 3.63) is 156 Å². The van der Waals surface area contributed by atoms with E-state index in [1.807, 2.05) is 109 Å². The highest BCUT2D eigenvalue weighted by Gasteiger charge is 2.82. The van der Waals surface area contributed by atoms with E-state index < -0.39 is 40.4 Å². The van der Waals surface area contributed by atoms with Crippen molar-refractivity contribution in [2.75, 3.05) is 19.1 Å². The largest absolute Gasteiger partial charge is 0.497 e. The van der Waals surface area contributed by atoms with Gasteiger partial charge in [0.1, 0.15) is 17.2 Å². The van der Waals surface area contributed by atoms with Gasteiger partial charge in [0.2, 0.25) is 11.8 Å². The Hall–Kier alpha value is -6.28. The Morgan fingerprint density at radius 3 is 1.31 bits per heavy atom. The summed E-state index contributed by atoms with van der Waals surface area (Å²) >= 11 is 0. The number of ether oxygens (including phenoxy) is 3. The summed E-state index contributed by atoms with van der Waals surface area (Å²) in [6, 6.07) is 40.0. The van der Waals surface area contributed by atoms with Crippen LogP contribution in [0.15, 0.2) is 133 Å². The van der Waals surface area contributed by atoms with Crippen molar-refractivity contribution >= 4 is 40.4 Å². The molecular formula is C43H33NO7. The number of hydrogen-bond donors (Lipinski definition) is 0. The van der Waals surface area contributed by atoms with Gasteiger partial charge >= 0.3 is 5.97 Å². The van der Waals surface area contributed by atoms with E-state index >= 15 is 14.4 Å². The van der Waals surface area contributed by atoms with E-state index in [9.17, 15) is 4.79 Å². The third-order valence-corrected chi connectivity index (χ3v) is 10.6. The molecule has 0 radical (unpaired) electrons. The number of rotatable bonds is 8. The first-order valence-electron chi connectivity index (χ1n) is 16.6. The van der Waals surface area contributed by atoms with Crippen LogP contribution in [0.5, 0.6) is 17.2 Å². The topological polar surface area (TPSA) is 99.2 Å². The van der Waals surface area contributed by atoms with Crippen molar-refractivity contribution in [3.63, 3.8) is 0 Å². The molecule has 2 fully saturated rings. The van der Waals surface area contributed by atoms with Crippen LogP contribution < -0.4 is 19.1 Å². The molecule has 2 aliphatic carbocycles. The van der Waals surface area contributed by atoms with E-state index in [4.69, 9.17) is 14.2 Å². The Morgan fingerprint density at radius 1 is 0.549 bits per heavy atom. The molecule has 5 aromatic carbocycles. The number of allylic oxidation sites excluding steroid dienone is 2. The van der Waals surface area contributed by atoms with Gasteiger partial charge in [0.15, 0.2) is 5.78 Å². The number of carbonyl (C=O) groups is 4. The standard InChI is InChI=1S/C43H33NO7/c1-26(45)51-34-24-18-31(19-25-34)44-39(46)37-38(40(44)47)43(30-12-8-5-9-13-30)36(28-16-22-33(50-3)23-17-28)35(27-14-20-32(49-2)21-15-27)42(37,41(43)48)29-10-6-4-7-11-29/h4-25,37-38H,1-3H3/t37-,38+,42-,43-/m0/s1. The van der Waals surface area contributed by atoms with Crippen LogP contribution in [0.2, 0.25) is 0 Å². The Morgan fingerprint density at radius 2 is 0.941 bits per heavy atom. The molecule has 8 rings (SSSR count). The third kappa shape index (κ3) is 4.39. The van der Waals surface area contributed by atoms with E-state index in [0.29, 0.717) is 39.5 Å². The third-order valence-electron chi connectivity index (χ3n) is 10.6. The Labute approximate surface area is 294 Å². The molecular weight excluding hydrogens is 642 g/mol. The predicted molar refractivity (Wildman–Crippen MR) is 191 cm³/mol. The molecule has 1 aliphatic heterocycles. The van der Waals surface area contributed by atoms with Crippen molar-refractivity contribution in [1.82, 2.24) is 0 Å². The highest BCUT2D eigenvalue weighted by atomic mass is 16.5. The van der Waals surface area contributed by atoms with Gasteiger partial charge in [-0.1, -0.05) is 84.9 Å². The molecule has 3 aliphatic rings. The highest BCUT2D eigenvalue weighted by Crippen LogP contribution is 2.74. The summed E-state index contributed by atoms with van der Waals surface area (Å²) in [6.07, 6.45) is 0. The van der Waals surface area contributed by atoms with Gasteiger partial charge in [0.05, 0.1) is 42.6 Å². The molecule has 8 nitrogen and oxygen atoms in total. The fourth-order valence-corrected chi connectivity index (χ4v) is 8.72. The molecule has 0 unspecified atom stereocenters. The van der Waals surface area contributed by atoms with Crippen LogP contribution in [-0.4, -0.2) is 37.8 Å². The first-order chi connectivity index (χ1) is 24.8. The summed E-state index contributed by atoms with van der Waals surface area (Å²) in [7, 11) is 3.18. The van der Waals surface area contributed by atoms with Gasteiger partial charge in [-0.15, -0.1) is 0 Å². The molecule has 5 aromatic rings.